The number of carboxylic acids is 1. The number of anilines is 1. The molecular weight excluding hydrogens is 257 g/mol. The number of hydrogen-bond acceptors (Lipinski definition) is 3. The molecule has 0 heterocycles. The minimum absolute atomic E-state index is 0.155. The maximum Gasteiger partial charge on any atom is 0.325 e. The van der Waals surface area contributed by atoms with Gasteiger partial charge in [-0.1, -0.05) is 12.1 Å². The standard InChI is InChI=1S/C11H16NO5P/c12-10-4-3-8(2-1-5-18(15,16)17)6-9(10)7-11(13)14/h3-4,6H,1-2,5,7,12H2,(H,13,14)(H2,15,16,17). The van der Waals surface area contributed by atoms with Crippen molar-refractivity contribution in [2.45, 2.75) is 19.3 Å². The summed E-state index contributed by atoms with van der Waals surface area (Å²) in [5.74, 6) is -0.964. The lowest BCUT2D eigenvalue weighted by Crippen LogP contribution is -2.04. The molecule has 0 saturated carbocycles. The maximum absolute atomic E-state index is 10.7. The second-order valence-corrected chi connectivity index (χ2v) is 5.87. The smallest absolute Gasteiger partial charge is 0.325 e. The minimum atomic E-state index is -3.97. The summed E-state index contributed by atoms with van der Waals surface area (Å²) in [5, 5.41) is 8.71. The lowest BCUT2D eigenvalue weighted by molar-refractivity contribution is -0.136. The molecule has 100 valence electrons. The highest BCUT2D eigenvalue weighted by Crippen LogP contribution is 2.35. The molecule has 0 aliphatic rings. The maximum atomic E-state index is 10.7. The average molecular weight is 273 g/mol. The number of aryl methyl sites for hydroxylation is 1. The van der Waals surface area contributed by atoms with Crippen LogP contribution >= 0.6 is 7.60 Å². The Morgan fingerprint density at radius 1 is 1.33 bits per heavy atom. The van der Waals surface area contributed by atoms with Gasteiger partial charge in [0.15, 0.2) is 0 Å². The molecule has 0 aromatic heterocycles. The molecule has 0 fully saturated rings. The summed E-state index contributed by atoms with van der Waals surface area (Å²) < 4.78 is 10.7. The van der Waals surface area contributed by atoms with E-state index in [1.165, 1.54) is 0 Å². The van der Waals surface area contributed by atoms with Crippen LogP contribution in [0.3, 0.4) is 0 Å². The first-order valence-electron chi connectivity index (χ1n) is 5.41. The molecule has 0 bridgehead atoms. The number of benzene rings is 1. The average Bonchev–Trinajstić information content (AvgIpc) is 2.20. The van der Waals surface area contributed by atoms with E-state index in [-0.39, 0.29) is 12.6 Å². The molecule has 0 unspecified atom stereocenters. The van der Waals surface area contributed by atoms with Crippen LogP contribution in [0.25, 0.3) is 0 Å². The van der Waals surface area contributed by atoms with Crippen LogP contribution in [-0.2, 0) is 22.2 Å². The number of nitrogen functional groups attached to an aromatic ring is 1. The predicted molar refractivity (Wildman–Crippen MR) is 67.4 cm³/mol. The first-order valence-corrected chi connectivity index (χ1v) is 7.21. The SMILES string of the molecule is Nc1ccc(CCCP(=O)(O)O)cc1CC(=O)O. The fraction of sp³-hybridized carbons (Fsp3) is 0.364. The molecule has 1 aromatic carbocycles. The van der Waals surface area contributed by atoms with Gasteiger partial charge < -0.3 is 20.6 Å². The Kier molecular flexibility index (Phi) is 4.90. The van der Waals surface area contributed by atoms with E-state index in [4.69, 9.17) is 20.6 Å². The van der Waals surface area contributed by atoms with E-state index in [0.29, 0.717) is 24.1 Å². The van der Waals surface area contributed by atoms with E-state index < -0.39 is 13.6 Å². The van der Waals surface area contributed by atoms with Gasteiger partial charge in [-0.25, -0.2) is 0 Å². The Morgan fingerprint density at radius 2 is 2.00 bits per heavy atom. The highest BCUT2D eigenvalue weighted by molar-refractivity contribution is 7.51. The second-order valence-electron chi connectivity index (χ2n) is 4.10. The fourth-order valence-corrected chi connectivity index (χ4v) is 2.19. The molecule has 0 atom stereocenters. The monoisotopic (exact) mass is 273 g/mol. The van der Waals surface area contributed by atoms with Crippen molar-refractivity contribution in [3.05, 3.63) is 29.3 Å². The summed E-state index contributed by atoms with van der Waals surface area (Å²) in [6, 6.07) is 5.02. The molecule has 0 spiro atoms. The Balaban J connectivity index is 2.67. The van der Waals surface area contributed by atoms with Crippen LogP contribution in [0.15, 0.2) is 18.2 Å². The van der Waals surface area contributed by atoms with Gasteiger partial charge in [0.25, 0.3) is 0 Å². The highest BCUT2D eigenvalue weighted by atomic mass is 31.2. The van der Waals surface area contributed by atoms with Crippen molar-refractivity contribution < 1.29 is 24.3 Å². The van der Waals surface area contributed by atoms with Crippen LogP contribution in [0.5, 0.6) is 0 Å². The van der Waals surface area contributed by atoms with E-state index in [9.17, 15) is 9.36 Å². The molecule has 1 rings (SSSR count). The zero-order valence-electron chi connectivity index (χ0n) is 9.74. The first kappa shape index (κ1) is 14.7. The van der Waals surface area contributed by atoms with Crippen LogP contribution in [0.2, 0.25) is 0 Å². The molecule has 1 aromatic rings. The predicted octanol–water partition coefficient (Wildman–Crippen LogP) is 1.01. The molecule has 0 aliphatic carbocycles. The minimum Gasteiger partial charge on any atom is -0.481 e. The van der Waals surface area contributed by atoms with Crippen molar-refractivity contribution in [2.75, 3.05) is 11.9 Å². The molecule has 6 nitrogen and oxygen atoms in total. The Morgan fingerprint density at radius 3 is 2.56 bits per heavy atom. The summed E-state index contributed by atoms with van der Waals surface area (Å²) in [4.78, 5) is 28.1. The Labute approximate surface area is 105 Å². The molecular formula is C11H16NO5P. The van der Waals surface area contributed by atoms with Gasteiger partial charge in [-0.05, 0) is 30.0 Å². The van der Waals surface area contributed by atoms with Crippen molar-refractivity contribution >= 4 is 19.3 Å². The van der Waals surface area contributed by atoms with Crippen LogP contribution in [0.1, 0.15) is 17.5 Å². The van der Waals surface area contributed by atoms with Crippen LogP contribution in [-0.4, -0.2) is 27.0 Å². The molecule has 18 heavy (non-hydrogen) atoms. The summed E-state index contributed by atoms with van der Waals surface area (Å²) in [5.41, 5.74) is 7.41. The number of nitrogens with two attached hydrogens (primary N) is 1. The van der Waals surface area contributed by atoms with Crippen LogP contribution in [0, 0.1) is 0 Å². The Hall–Kier alpha value is -1.36. The fourth-order valence-electron chi connectivity index (χ4n) is 1.62. The number of rotatable bonds is 6. The third-order valence-corrected chi connectivity index (χ3v) is 3.36. The molecule has 0 saturated heterocycles. The van der Waals surface area contributed by atoms with E-state index >= 15 is 0 Å². The molecule has 5 N–H and O–H groups in total. The van der Waals surface area contributed by atoms with Gasteiger partial charge in [0.1, 0.15) is 0 Å². The summed E-state index contributed by atoms with van der Waals surface area (Å²) >= 11 is 0. The summed E-state index contributed by atoms with van der Waals surface area (Å²) in [6.45, 7) is 0. The van der Waals surface area contributed by atoms with Crippen LogP contribution in [0.4, 0.5) is 5.69 Å². The van der Waals surface area contributed by atoms with Gasteiger partial charge in [0.05, 0.1) is 12.6 Å². The molecule has 0 amide bonds. The van der Waals surface area contributed by atoms with Gasteiger partial charge in [0.2, 0.25) is 0 Å². The normalized spacial score (nSPS) is 11.4. The van der Waals surface area contributed by atoms with Gasteiger partial charge >= 0.3 is 13.6 Å². The highest BCUT2D eigenvalue weighted by Gasteiger charge is 2.12. The van der Waals surface area contributed by atoms with Crippen molar-refractivity contribution in [1.82, 2.24) is 0 Å². The van der Waals surface area contributed by atoms with Crippen molar-refractivity contribution in [1.29, 1.82) is 0 Å². The van der Waals surface area contributed by atoms with Gasteiger partial charge in [-0.3, -0.25) is 9.36 Å². The number of aliphatic carboxylic acids is 1. The zero-order valence-corrected chi connectivity index (χ0v) is 10.6. The topological polar surface area (TPSA) is 121 Å². The first-order chi connectivity index (χ1) is 8.28. The lowest BCUT2D eigenvalue weighted by atomic mass is 10.0. The second kappa shape index (κ2) is 6.00. The van der Waals surface area contributed by atoms with Crippen molar-refractivity contribution in [2.24, 2.45) is 0 Å². The number of carboxylic acid groups (broad SMARTS) is 1. The molecule has 7 heteroatoms. The third kappa shape index (κ3) is 5.31. The third-order valence-electron chi connectivity index (χ3n) is 2.46. The lowest BCUT2D eigenvalue weighted by Gasteiger charge is -2.07. The molecule has 0 aliphatic heterocycles. The number of hydrogen-bond donors (Lipinski definition) is 4. The van der Waals surface area contributed by atoms with E-state index in [1.807, 2.05) is 0 Å². The van der Waals surface area contributed by atoms with Crippen LogP contribution < -0.4 is 5.73 Å². The van der Waals surface area contributed by atoms with Crippen molar-refractivity contribution in [3.63, 3.8) is 0 Å². The number of carbonyl (C=O) groups is 1. The largest absolute Gasteiger partial charge is 0.481 e. The zero-order chi connectivity index (χ0) is 13.8. The quantitative estimate of drug-likeness (QED) is 0.453. The van der Waals surface area contributed by atoms with Gasteiger partial charge in [-0.2, -0.15) is 0 Å². The van der Waals surface area contributed by atoms with E-state index in [1.54, 1.807) is 18.2 Å². The van der Waals surface area contributed by atoms with Gasteiger partial charge in [0, 0.05) is 5.69 Å². The van der Waals surface area contributed by atoms with E-state index in [2.05, 4.69) is 0 Å². The molecule has 0 radical (unpaired) electrons. The van der Waals surface area contributed by atoms with Gasteiger partial charge in [-0.15, -0.1) is 0 Å². The van der Waals surface area contributed by atoms with Crippen molar-refractivity contribution in [3.8, 4) is 0 Å². The van der Waals surface area contributed by atoms with E-state index in [0.717, 1.165) is 5.56 Å². The summed E-state index contributed by atoms with van der Waals surface area (Å²) in [7, 11) is -3.97. The Bertz CT molecular complexity index is 482. The summed E-state index contributed by atoms with van der Waals surface area (Å²) in [6.07, 6.45) is 0.503.